The molecule has 6 nitrogen and oxygen atoms in total. The predicted octanol–water partition coefficient (Wildman–Crippen LogP) is 0.354. The van der Waals surface area contributed by atoms with Gasteiger partial charge in [0.05, 0.1) is 11.4 Å². The summed E-state index contributed by atoms with van der Waals surface area (Å²) in [5.74, 6) is -1.42. The maximum Gasteiger partial charge on any atom is 0.293 e. The minimum atomic E-state index is -0.715. The Morgan fingerprint density at radius 3 is 2.50 bits per heavy atom. The third kappa shape index (κ3) is 3.53. The molecule has 2 fully saturated rings. The van der Waals surface area contributed by atoms with Crippen LogP contribution in [-0.2, 0) is 9.59 Å². The van der Waals surface area contributed by atoms with Gasteiger partial charge >= 0.3 is 0 Å². The summed E-state index contributed by atoms with van der Waals surface area (Å²) in [6, 6.07) is 4.04. The lowest BCUT2D eigenvalue weighted by molar-refractivity contribution is -0.133. The number of amides is 2. The molecular formula is C15H19N3O3S. The van der Waals surface area contributed by atoms with E-state index in [0.29, 0.717) is 18.0 Å². The predicted molar refractivity (Wildman–Crippen MR) is 82.8 cm³/mol. The van der Waals surface area contributed by atoms with Crippen molar-refractivity contribution in [3.8, 4) is 0 Å². The highest BCUT2D eigenvalue weighted by Gasteiger charge is 2.32. The van der Waals surface area contributed by atoms with Crippen LogP contribution in [0.3, 0.4) is 0 Å². The first-order valence-electron chi connectivity index (χ1n) is 7.53. The molecule has 1 saturated carbocycles. The molecule has 0 bridgehead atoms. The van der Waals surface area contributed by atoms with Gasteiger partial charge in [-0.2, -0.15) is 0 Å². The molecule has 2 amide bonds. The minimum absolute atomic E-state index is 0.112. The van der Waals surface area contributed by atoms with E-state index in [1.54, 1.807) is 22.4 Å². The van der Waals surface area contributed by atoms with Gasteiger partial charge in [-0.25, -0.2) is 0 Å². The zero-order chi connectivity index (χ0) is 15.5. The summed E-state index contributed by atoms with van der Waals surface area (Å²) < 4.78 is 0. The van der Waals surface area contributed by atoms with Gasteiger partial charge in [0.1, 0.15) is 0 Å². The Balaban J connectivity index is 1.42. The van der Waals surface area contributed by atoms with Crippen LogP contribution in [0.2, 0.25) is 0 Å². The smallest absolute Gasteiger partial charge is 0.293 e. The Hall–Kier alpha value is -1.73. The molecule has 0 spiro atoms. The summed E-state index contributed by atoms with van der Waals surface area (Å²) in [5, 5.41) is 4.17. The largest absolute Gasteiger partial charge is 0.340 e. The maximum absolute atomic E-state index is 12.1. The standard InChI is InChI=1S/C15H19N3O3S/c19-13(18-7-5-17(6-8-18)11-3-4-11)10-16-15(21)14(20)12-2-1-9-22-12/h1-2,9,11H,3-8,10H2,(H,16,21). The summed E-state index contributed by atoms with van der Waals surface area (Å²) in [7, 11) is 0. The molecule has 22 heavy (non-hydrogen) atoms. The highest BCUT2D eigenvalue weighted by molar-refractivity contribution is 7.13. The Labute approximate surface area is 133 Å². The molecule has 1 aromatic heterocycles. The topological polar surface area (TPSA) is 69.7 Å². The van der Waals surface area contributed by atoms with E-state index in [1.165, 1.54) is 24.2 Å². The third-order valence-electron chi connectivity index (χ3n) is 4.08. The second-order valence-electron chi connectivity index (χ2n) is 5.64. The van der Waals surface area contributed by atoms with Crippen LogP contribution >= 0.6 is 11.3 Å². The monoisotopic (exact) mass is 321 g/mol. The quantitative estimate of drug-likeness (QED) is 0.628. The van der Waals surface area contributed by atoms with Gasteiger partial charge in [-0.3, -0.25) is 19.3 Å². The van der Waals surface area contributed by atoms with Crippen LogP contribution in [-0.4, -0.2) is 66.2 Å². The number of nitrogens with zero attached hydrogens (tertiary/aromatic N) is 2. The number of Topliss-reactive ketones (excluding diaryl/α,β-unsaturated/α-hetero) is 1. The van der Waals surface area contributed by atoms with E-state index < -0.39 is 11.7 Å². The molecular weight excluding hydrogens is 302 g/mol. The summed E-state index contributed by atoms with van der Waals surface area (Å²) in [6.07, 6.45) is 2.55. The number of hydrogen-bond acceptors (Lipinski definition) is 5. The molecule has 1 N–H and O–H groups in total. The van der Waals surface area contributed by atoms with Crippen LogP contribution in [0.5, 0.6) is 0 Å². The highest BCUT2D eigenvalue weighted by Crippen LogP contribution is 2.27. The number of rotatable bonds is 5. The number of nitrogens with one attached hydrogen (secondary N) is 1. The van der Waals surface area contributed by atoms with E-state index in [0.717, 1.165) is 19.1 Å². The van der Waals surface area contributed by atoms with Crippen molar-refractivity contribution in [1.29, 1.82) is 0 Å². The molecule has 0 atom stereocenters. The number of ketones is 1. The van der Waals surface area contributed by atoms with Gasteiger partial charge in [0.25, 0.3) is 11.7 Å². The second-order valence-corrected chi connectivity index (χ2v) is 6.58. The molecule has 1 aliphatic heterocycles. The molecule has 1 aromatic rings. The van der Waals surface area contributed by atoms with Crippen molar-refractivity contribution >= 4 is 28.9 Å². The first-order valence-corrected chi connectivity index (χ1v) is 8.41. The van der Waals surface area contributed by atoms with Crippen molar-refractivity contribution < 1.29 is 14.4 Å². The Kier molecular flexibility index (Phi) is 4.54. The Morgan fingerprint density at radius 1 is 1.18 bits per heavy atom. The molecule has 7 heteroatoms. The van der Waals surface area contributed by atoms with Gasteiger partial charge in [-0.05, 0) is 24.3 Å². The van der Waals surface area contributed by atoms with Crippen LogP contribution in [0.4, 0.5) is 0 Å². The molecule has 0 aromatic carbocycles. The second kappa shape index (κ2) is 6.58. The van der Waals surface area contributed by atoms with Gasteiger partial charge < -0.3 is 10.2 Å². The summed E-state index contributed by atoms with van der Waals surface area (Å²) in [5.41, 5.74) is 0. The summed E-state index contributed by atoms with van der Waals surface area (Å²) in [6.45, 7) is 3.09. The maximum atomic E-state index is 12.1. The summed E-state index contributed by atoms with van der Waals surface area (Å²) >= 11 is 1.22. The van der Waals surface area contributed by atoms with E-state index >= 15 is 0 Å². The molecule has 0 radical (unpaired) electrons. The third-order valence-corrected chi connectivity index (χ3v) is 4.95. The van der Waals surface area contributed by atoms with E-state index in [-0.39, 0.29) is 12.5 Å². The van der Waals surface area contributed by atoms with Crippen LogP contribution in [0.1, 0.15) is 22.5 Å². The van der Waals surface area contributed by atoms with Crippen molar-refractivity contribution in [2.45, 2.75) is 18.9 Å². The van der Waals surface area contributed by atoms with Gasteiger partial charge in [-0.15, -0.1) is 11.3 Å². The molecule has 2 heterocycles. The molecule has 0 unspecified atom stereocenters. The van der Waals surface area contributed by atoms with Gasteiger partial charge in [0.15, 0.2) is 0 Å². The van der Waals surface area contributed by atoms with Crippen LogP contribution in [0.15, 0.2) is 17.5 Å². The Bertz CT molecular complexity index is 561. The highest BCUT2D eigenvalue weighted by atomic mass is 32.1. The van der Waals surface area contributed by atoms with Crippen molar-refractivity contribution in [2.24, 2.45) is 0 Å². The van der Waals surface area contributed by atoms with E-state index in [2.05, 4.69) is 10.2 Å². The molecule has 2 aliphatic rings. The fourth-order valence-electron chi connectivity index (χ4n) is 2.64. The van der Waals surface area contributed by atoms with Crippen molar-refractivity contribution in [3.63, 3.8) is 0 Å². The van der Waals surface area contributed by atoms with Crippen molar-refractivity contribution in [3.05, 3.63) is 22.4 Å². The molecule has 118 valence electrons. The minimum Gasteiger partial charge on any atom is -0.340 e. The lowest BCUT2D eigenvalue weighted by Gasteiger charge is -2.34. The average molecular weight is 321 g/mol. The van der Waals surface area contributed by atoms with Crippen LogP contribution < -0.4 is 5.32 Å². The van der Waals surface area contributed by atoms with Gasteiger partial charge in [-0.1, -0.05) is 6.07 Å². The number of piperazine rings is 1. The average Bonchev–Trinajstić information content (AvgIpc) is 3.26. The lowest BCUT2D eigenvalue weighted by atomic mass is 10.3. The van der Waals surface area contributed by atoms with Crippen LogP contribution in [0.25, 0.3) is 0 Å². The van der Waals surface area contributed by atoms with E-state index in [1.807, 2.05) is 0 Å². The molecule has 1 saturated heterocycles. The zero-order valence-electron chi connectivity index (χ0n) is 12.3. The number of carbonyl (C=O) groups is 3. The first kappa shape index (κ1) is 15.2. The normalized spacial score (nSPS) is 19.0. The van der Waals surface area contributed by atoms with Gasteiger partial charge in [0.2, 0.25) is 5.91 Å². The number of carbonyl (C=O) groups excluding carboxylic acids is 3. The molecule has 3 rings (SSSR count). The Morgan fingerprint density at radius 2 is 1.91 bits per heavy atom. The number of hydrogen-bond donors (Lipinski definition) is 1. The van der Waals surface area contributed by atoms with Crippen molar-refractivity contribution in [2.75, 3.05) is 32.7 Å². The summed E-state index contributed by atoms with van der Waals surface area (Å²) in [4.78, 5) is 40.2. The van der Waals surface area contributed by atoms with Gasteiger partial charge in [0, 0.05) is 32.2 Å². The SMILES string of the molecule is O=C(NCC(=O)N1CCN(C2CC2)CC1)C(=O)c1cccs1. The molecule has 1 aliphatic carbocycles. The zero-order valence-corrected chi connectivity index (χ0v) is 13.1. The van der Waals surface area contributed by atoms with E-state index in [9.17, 15) is 14.4 Å². The van der Waals surface area contributed by atoms with E-state index in [4.69, 9.17) is 0 Å². The fourth-order valence-corrected chi connectivity index (χ4v) is 3.30. The lowest BCUT2D eigenvalue weighted by Crippen LogP contribution is -2.52. The number of thiophene rings is 1. The first-order chi connectivity index (χ1) is 10.6. The van der Waals surface area contributed by atoms with Crippen molar-refractivity contribution in [1.82, 2.24) is 15.1 Å². The van der Waals surface area contributed by atoms with Crippen LogP contribution in [0, 0.1) is 0 Å². The fraction of sp³-hybridized carbons (Fsp3) is 0.533.